The van der Waals surface area contributed by atoms with Crippen LogP contribution in [0.15, 0.2) is 0 Å². The summed E-state index contributed by atoms with van der Waals surface area (Å²) >= 11 is 0. The first-order chi connectivity index (χ1) is 4.19. The third kappa shape index (κ3) is 1.68. The van der Waals surface area contributed by atoms with Crippen molar-refractivity contribution >= 4 is 10.1 Å². The molecule has 62 valence electrons. The maximum Gasteiger partial charge on any atom is 0.283 e. The zero-order valence-electron chi connectivity index (χ0n) is 6.62. The molecule has 0 aromatic carbocycles. The second-order valence-corrected chi connectivity index (χ2v) is 4.77. The highest BCUT2D eigenvalue weighted by Gasteiger charge is 2.34. The van der Waals surface area contributed by atoms with E-state index in [1.807, 2.05) is 0 Å². The van der Waals surface area contributed by atoms with Gasteiger partial charge < -0.3 is 0 Å². The molecule has 0 aliphatic carbocycles. The molecule has 10 heavy (non-hydrogen) atoms. The Morgan fingerprint density at radius 1 is 1.30 bits per heavy atom. The average Bonchev–Trinajstić information content (AvgIpc) is 1.62. The lowest BCUT2D eigenvalue weighted by Crippen LogP contribution is -2.45. The monoisotopic (exact) mass is 167 g/mol. The van der Waals surface area contributed by atoms with Crippen molar-refractivity contribution in [1.29, 1.82) is 0 Å². The summed E-state index contributed by atoms with van der Waals surface area (Å²) in [5.41, 5.74) is 0. The average molecular weight is 167 g/mol. The van der Waals surface area contributed by atoms with Crippen molar-refractivity contribution in [2.24, 2.45) is 0 Å². The molecule has 1 N–H and O–H groups in total. The van der Waals surface area contributed by atoms with E-state index in [9.17, 15) is 8.42 Å². The fraction of sp³-hybridized carbons (Fsp3) is 1.00. The van der Waals surface area contributed by atoms with Crippen LogP contribution in [0, 0.1) is 0 Å². The van der Waals surface area contributed by atoms with Crippen LogP contribution < -0.4 is 0 Å². The van der Waals surface area contributed by atoms with Gasteiger partial charge in [0.2, 0.25) is 0 Å². The first-order valence-corrected chi connectivity index (χ1v) is 4.28. The first-order valence-electron chi connectivity index (χ1n) is 2.84. The molecule has 4 nitrogen and oxygen atoms in total. The first kappa shape index (κ1) is 9.87. The highest BCUT2D eigenvalue weighted by molar-refractivity contribution is 7.87. The van der Waals surface area contributed by atoms with E-state index in [0.717, 1.165) is 0 Å². The van der Waals surface area contributed by atoms with Crippen molar-refractivity contribution in [3.63, 3.8) is 0 Å². The van der Waals surface area contributed by atoms with Crippen LogP contribution in [0.3, 0.4) is 0 Å². The summed E-state index contributed by atoms with van der Waals surface area (Å²) in [7, 11) is -0.794. The Hall–Kier alpha value is -0.130. The molecule has 0 atom stereocenters. The zero-order chi connectivity index (χ0) is 8.58. The van der Waals surface area contributed by atoms with Crippen molar-refractivity contribution in [3.8, 4) is 0 Å². The topological polar surface area (TPSA) is 57.6 Å². The van der Waals surface area contributed by atoms with E-state index < -0.39 is 15.0 Å². The molecule has 0 saturated heterocycles. The van der Waals surface area contributed by atoms with Crippen LogP contribution in [0.4, 0.5) is 0 Å². The van der Waals surface area contributed by atoms with E-state index in [4.69, 9.17) is 4.55 Å². The van der Waals surface area contributed by atoms with Gasteiger partial charge in [0.15, 0.2) is 0 Å². The van der Waals surface area contributed by atoms with Crippen LogP contribution in [0.2, 0.25) is 0 Å². The Morgan fingerprint density at radius 3 is 1.60 bits per heavy atom. The molecule has 0 aliphatic heterocycles. The van der Waals surface area contributed by atoms with Gasteiger partial charge in [-0.05, 0) is 27.9 Å². The number of rotatable bonds is 2. The van der Waals surface area contributed by atoms with Gasteiger partial charge in [-0.1, -0.05) is 0 Å². The molecule has 0 radical (unpaired) electrons. The molecule has 0 bridgehead atoms. The lowest BCUT2D eigenvalue weighted by atomic mass is 10.4. The van der Waals surface area contributed by atoms with E-state index in [2.05, 4.69) is 0 Å². The van der Waals surface area contributed by atoms with Crippen LogP contribution in [-0.2, 0) is 10.1 Å². The molecule has 0 unspecified atom stereocenters. The highest BCUT2D eigenvalue weighted by Crippen LogP contribution is 2.16. The highest BCUT2D eigenvalue weighted by atomic mass is 32.2. The molecule has 0 aromatic rings. The van der Waals surface area contributed by atoms with Crippen molar-refractivity contribution in [1.82, 2.24) is 4.90 Å². The van der Waals surface area contributed by atoms with E-state index in [1.165, 1.54) is 18.7 Å². The Balaban J connectivity index is 4.76. The summed E-state index contributed by atoms with van der Waals surface area (Å²) in [5.74, 6) is 0. The number of nitrogens with zero attached hydrogens (tertiary/aromatic N) is 1. The normalized spacial score (nSPS) is 14.2. The smallest absolute Gasteiger partial charge is 0.283 e. The van der Waals surface area contributed by atoms with Gasteiger partial charge in [0.05, 0.1) is 0 Å². The summed E-state index contributed by atoms with van der Waals surface area (Å²) in [5, 5.41) is 0. The summed E-state index contributed by atoms with van der Waals surface area (Å²) in [6, 6.07) is 0. The van der Waals surface area contributed by atoms with Crippen molar-refractivity contribution in [2.75, 3.05) is 14.1 Å². The van der Waals surface area contributed by atoms with Crippen LogP contribution in [0.1, 0.15) is 13.8 Å². The van der Waals surface area contributed by atoms with Crippen LogP contribution in [-0.4, -0.2) is 36.8 Å². The van der Waals surface area contributed by atoms with Gasteiger partial charge in [-0.2, -0.15) is 8.42 Å². The SMILES string of the molecule is CN(C)C(C)(C)S(=O)(=O)O. The second-order valence-electron chi connectivity index (χ2n) is 2.82. The van der Waals surface area contributed by atoms with Gasteiger partial charge in [-0.25, -0.2) is 0 Å². The molecule has 5 heteroatoms. The van der Waals surface area contributed by atoms with Gasteiger partial charge in [0.25, 0.3) is 10.1 Å². The molecular weight excluding hydrogens is 154 g/mol. The van der Waals surface area contributed by atoms with Gasteiger partial charge in [-0.3, -0.25) is 9.45 Å². The number of hydrogen-bond acceptors (Lipinski definition) is 3. The minimum Gasteiger partial charge on any atom is -0.289 e. The lowest BCUT2D eigenvalue weighted by Gasteiger charge is -2.28. The van der Waals surface area contributed by atoms with Crippen LogP contribution in [0.25, 0.3) is 0 Å². The molecule has 0 spiro atoms. The fourth-order valence-corrected chi connectivity index (χ4v) is 0.692. The third-order valence-electron chi connectivity index (χ3n) is 1.71. The van der Waals surface area contributed by atoms with Crippen molar-refractivity contribution in [2.45, 2.75) is 18.7 Å². The summed E-state index contributed by atoms with van der Waals surface area (Å²) in [6.07, 6.45) is 0. The van der Waals surface area contributed by atoms with Crippen molar-refractivity contribution < 1.29 is 13.0 Å². The quantitative estimate of drug-likeness (QED) is 0.596. The summed E-state index contributed by atoms with van der Waals surface area (Å²) in [6.45, 7) is 2.87. The second kappa shape index (κ2) is 2.48. The van der Waals surface area contributed by atoms with E-state index in [0.29, 0.717) is 0 Å². The maximum atomic E-state index is 10.6. The number of hydrogen-bond donors (Lipinski definition) is 1. The third-order valence-corrected chi connectivity index (χ3v) is 3.34. The fourth-order valence-electron chi connectivity index (χ4n) is 0.231. The standard InChI is InChI=1S/C5H13NO3S/c1-5(2,6(3)4)10(7,8)9/h1-4H3,(H,7,8,9). The Morgan fingerprint density at radius 2 is 1.60 bits per heavy atom. The van der Waals surface area contributed by atoms with E-state index >= 15 is 0 Å². The van der Waals surface area contributed by atoms with E-state index in [1.54, 1.807) is 14.1 Å². The van der Waals surface area contributed by atoms with Crippen molar-refractivity contribution in [3.05, 3.63) is 0 Å². The molecule has 0 heterocycles. The Labute approximate surface area is 61.6 Å². The van der Waals surface area contributed by atoms with Crippen LogP contribution >= 0.6 is 0 Å². The van der Waals surface area contributed by atoms with Gasteiger partial charge in [-0.15, -0.1) is 0 Å². The molecule has 0 aliphatic rings. The largest absolute Gasteiger partial charge is 0.289 e. The predicted molar refractivity (Wildman–Crippen MR) is 39.3 cm³/mol. The maximum absolute atomic E-state index is 10.6. The minimum atomic E-state index is -3.98. The Bertz CT molecular complexity index is 205. The Kier molecular flexibility index (Phi) is 2.45. The molecule has 0 fully saturated rings. The summed E-state index contributed by atoms with van der Waals surface area (Å²) in [4.78, 5) is 0.231. The predicted octanol–water partition coefficient (Wildman–Crippen LogP) is 0.172. The van der Waals surface area contributed by atoms with Gasteiger partial charge in [0.1, 0.15) is 4.87 Å². The van der Waals surface area contributed by atoms with Gasteiger partial charge in [0, 0.05) is 0 Å². The summed E-state index contributed by atoms with van der Waals surface area (Å²) < 4.78 is 29.9. The molecule has 0 amide bonds. The van der Waals surface area contributed by atoms with Gasteiger partial charge >= 0.3 is 0 Å². The molecular formula is C5H13NO3S. The lowest BCUT2D eigenvalue weighted by molar-refractivity contribution is 0.261. The molecule has 0 rings (SSSR count). The zero-order valence-corrected chi connectivity index (χ0v) is 7.44. The minimum absolute atomic E-state index is 1.20. The van der Waals surface area contributed by atoms with E-state index in [-0.39, 0.29) is 0 Å². The molecule has 0 saturated carbocycles. The van der Waals surface area contributed by atoms with Crippen LogP contribution in [0.5, 0.6) is 0 Å². The molecule has 0 aromatic heterocycles.